The van der Waals surface area contributed by atoms with Gasteiger partial charge in [0.2, 0.25) is 41.4 Å². The van der Waals surface area contributed by atoms with Gasteiger partial charge in [-0.25, -0.2) is 0 Å². The second-order valence-corrected chi connectivity index (χ2v) is 21.5. The Morgan fingerprint density at radius 1 is 0.781 bits per heavy atom. The highest BCUT2D eigenvalue weighted by Gasteiger charge is 2.36. The van der Waals surface area contributed by atoms with E-state index in [2.05, 4.69) is 42.2 Å². The van der Waals surface area contributed by atoms with Crippen molar-refractivity contribution in [2.24, 2.45) is 11.5 Å². The number of rotatable bonds is 17. The third-order valence-electron chi connectivity index (χ3n) is 12.0. The Kier molecular flexibility index (Phi) is 23.1. The van der Waals surface area contributed by atoms with Crippen molar-refractivity contribution in [2.75, 3.05) is 24.7 Å². The molecule has 3 aromatic carbocycles. The number of nitrogens with one attached hydrogen (secondary N) is 8. The van der Waals surface area contributed by atoms with Crippen LogP contribution in [0.15, 0.2) is 79.0 Å². The number of aliphatic hydroxyl groups excluding tert-OH is 3. The summed E-state index contributed by atoms with van der Waals surface area (Å²) in [5, 5.41) is 60.8. The number of carbonyl (C=O) groups is 7. The lowest BCUT2D eigenvalue weighted by Crippen LogP contribution is -2.62. The van der Waals surface area contributed by atoms with Crippen molar-refractivity contribution in [3.05, 3.63) is 99.3 Å². The minimum absolute atomic E-state index is 0.0117. The number of aromatic amines is 1. The molecule has 5 rings (SSSR count). The third-order valence-corrected chi connectivity index (χ3v) is 15.3. The van der Waals surface area contributed by atoms with Crippen LogP contribution in [-0.4, -0.2) is 152 Å². The normalized spacial score (nSPS) is 22.5. The molecule has 0 aliphatic carbocycles. The van der Waals surface area contributed by atoms with E-state index in [0.29, 0.717) is 27.5 Å². The fourth-order valence-corrected chi connectivity index (χ4v) is 10.7. The number of H-pyrrole nitrogens is 1. The quantitative estimate of drug-likeness (QED) is 0.0360. The van der Waals surface area contributed by atoms with E-state index in [1.165, 1.54) is 19.9 Å². The van der Waals surface area contributed by atoms with Gasteiger partial charge in [0.25, 0.3) is 0 Å². The van der Waals surface area contributed by atoms with Crippen LogP contribution in [0.1, 0.15) is 49.8 Å². The average Bonchev–Trinajstić information content (AvgIpc) is 3.77. The molecular weight excluding hydrogens is 1090 g/mol. The van der Waals surface area contributed by atoms with E-state index in [1.807, 2.05) is 46.9 Å². The first-order valence-corrected chi connectivity index (χ1v) is 27.3. The van der Waals surface area contributed by atoms with Crippen molar-refractivity contribution in [1.29, 1.82) is 0 Å². The Hall–Kier alpha value is -5.48. The van der Waals surface area contributed by atoms with Gasteiger partial charge >= 0.3 is 0 Å². The third kappa shape index (κ3) is 17.6. The summed E-state index contributed by atoms with van der Waals surface area (Å²) < 4.78 is 0.453. The van der Waals surface area contributed by atoms with Crippen molar-refractivity contribution in [2.45, 2.75) is 113 Å². The van der Waals surface area contributed by atoms with Gasteiger partial charge < -0.3 is 74.1 Å². The standard InChI is InChI=1S/C49H65IN10O11S2/c1-26(62)38(23-61)57-48(70)40-25-73-72-24-39(58-43(65)33(52)19-28-10-4-3-5-11-28)47(69)55-36(20-29-15-16-41(64)32(50)18-29)45(67)56-37(21-30-22-53-34-13-7-6-12-31(30)34)46(68)54-35(14-8-9-17-51)44(66)60-42(27(2)63)49(71)59-40/h3-7,10-13,15-16,18,22,26-27,33,35-40,42,53,61-64H,8-9,14,17,19-21,23-25,51-52H2,1-2H3,(H,54,68)(H,55,69)(H,56,67)(H,57,70)(H,58,65)(H,59,71)(H,60,66)/t26-,27-,33-,35+,36+,37-,38+,39+,40+,42+/m1/s1/i50-2. The summed E-state index contributed by atoms with van der Waals surface area (Å²) in [6.07, 6.45) is -0.438. The molecule has 7 amide bonds. The van der Waals surface area contributed by atoms with E-state index in [-0.39, 0.29) is 49.5 Å². The molecule has 16 N–H and O–H groups in total. The Bertz CT molecular complexity index is 2520. The lowest BCUT2D eigenvalue weighted by atomic mass is 10.0. The van der Waals surface area contributed by atoms with Gasteiger partial charge in [0.1, 0.15) is 42.0 Å². The van der Waals surface area contributed by atoms with Gasteiger partial charge in [-0.1, -0.05) is 76.2 Å². The number of para-hydroxylation sites is 1. The molecule has 0 radical (unpaired) electrons. The molecule has 24 heteroatoms. The number of aliphatic hydroxyl groups is 3. The number of aromatic hydroxyl groups is 1. The van der Waals surface area contributed by atoms with Gasteiger partial charge in [0.05, 0.1) is 34.5 Å². The summed E-state index contributed by atoms with van der Waals surface area (Å²) in [5.41, 5.74) is 14.8. The molecular formula is C49H65IN10O11S2. The molecule has 0 bridgehead atoms. The van der Waals surface area contributed by atoms with Crippen LogP contribution < -0.4 is 48.7 Å². The van der Waals surface area contributed by atoms with Crippen molar-refractivity contribution < 1.29 is 54.0 Å². The Balaban J connectivity index is 1.59. The van der Waals surface area contributed by atoms with E-state index in [9.17, 15) is 54.0 Å². The molecule has 10 atom stereocenters. The van der Waals surface area contributed by atoms with Crippen LogP contribution >= 0.6 is 44.2 Å². The topological polar surface area (TPSA) is 352 Å². The molecule has 2 heterocycles. The predicted molar refractivity (Wildman–Crippen MR) is 286 cm³/mol. The molecule has 1 saturated heterocycles. The first-order chi connectivity index (χ1) is 34.9. The monoisotopic (exact) mass is 1160 g/mol. The van der Waals surface area contributed by atoms with Crippen molar-refractivity contribution in [3.63, 3.8) is 0 Å². The first kappa shape index (κ1) is 58.4. The van der Waals surface area contributed by atoms with E-state index in [1.54, 1.807) is 48.7 Å². The summed E-state index contributed by atoms with van der Waals surface area (Å²) in [5.74, 6) is -6.31. The average molecular weight is 1160 g/mol. The van der Waals surface area contributed by atoms with E-state index < -0.39 is 108 Å². The second-order valence-electron chi connectivity index (χ2n) is 17.8. The number of fused-ring (bicyclic) bond motifs is 1. The minimum Gasteiger partial charge on any atom is -0.507 e. The van der Waals surface area contributed by atoms with Crippen molar-refractivity contribution in [3.8, 4) is 5.75 Å². The summed E-state index contributed by atoms with van der Waals surface area (Å²) in [7, 11) is 2.01. The van der Waals surface area contributed by atoms with Crippen LogP contribution in [0.2, 0.25) is 0 Å². The number of phenolic OH excluding ortho intramolecular Hbond substituents is 1. The molecule has 1 fully saturated rings. The maximum atomic E-state index is 14.8. The lowest BCUT2D eigenvalue weighted by Gasteiger charge is -2.29. The maximum Gasteiger partial charge on any atom is 0.245 e. The van der Waals surface area contributed by atoms with Crippen LogP contribution in [0.4, 0.5) is 0 Å². The molecule has 0 unspecified atom stereocenters. The summed E-state index contributed by atoms with van der Waals surface area (Å²) >= 11 is 1.92. The fraction of sp³-hybridized carbons (Fsp3) is 0.449. The number of halogens is 1. The highest BCUT2D eigenvalue weighted by atomic mass is 125. The van der Waals surface area contributed by atoms with Crippen molar-refractivity contribution >= 4 is 96.4 Å². The molecule has 1 aromatic heterocycles. The Morgan fingerprint density at radius 2 is 1.42 bits per heavy atom. The number of benzene rings is 3. The second kappa shape index (κ2) is 28.8. The molecule has 4 aromatic rings. The number of amides is 7. The fourth-order valence-electron chi connectivity index (χ4n) is 7.79. The zero-order chi connectivity index (χ0) is 53.2. The van der Waals surface area contributed by atoms with Gasteiger partial charge in [-0.2, -0.15) is 0 Å². The summed E-state index contributed by atoms with van der Waals surface area (Å²) in [4.78, 5) is 103. The van der Waals surface area contributed by atoms with Gasteiger partial charge in [-0.3, -0.25) is 33.6 Å². The van der Waals surface area contributed by atoms with Gasteiger partial charge in [-0.15, -0.1) is 0 Å². The largest absolute Gasteiger partial charge is 0.507 e. The number of nitrogens with two attached hydrogens (primary N) is 2. The first-order valence-electron chi connectivity index (χ1n) is 23.7. The van der Waals surface area contributed by atoms with Crippen molar-refractivity contribution in [1.82, 2.24) is 42.2 Å². The Labute approximate surface area is 444 Å². The van der Waals surface area contributed by atoms with E-state index in [0.717, 1.165) is 38.1 Å². The van der Waals surface area contributed by atoms with Crippen LogP contribution in [-0.2, 0) is 52.8 Å². The van der Waals surface area contributed by atoms with Gasteiger partial charge in [0.15, 0.2) is 0 Å². The van der Waals surface area contributed by atoms with E-state index >= 15 is 0 Å². The van der Waals surface area contributed by atoms with Crippen LogP contribution in [0.3, 0.4) is 0 Å². The highest BCUT2D eigenvalue weighted by molar-refractivity contribution is 14.1. The smallest absolute Gasteiger partial charge is 0.245 e. The van der Waals surface area contributed by atoms with Crippen LogP contribution in [0.25, 0.3) is 10.9 Å². The predicted octanol–water partition coefficient (Wildman–Crippen LogP) is -0.495. The van der Waals surface area contributed by atoms with E-state index in [4.69, 9.17) is 11.5 Å². The number of aromatic nitrogens is 1. The van der Waals surface area contributed by atoms with Gasteiger partial charge in [-0.05, 0) is 104 Å². The van der Waals surface area contributed by atoms with Crippen LogP contribution in [0, 0.1) is 3.57 Å². The summed E-state index contributed by atoms with van der Waals surface area (Å²) in [6.45, 7) is 2.18. The maximum absolute atomic E-state index is 14.8. The highest BCUT2D eigenvalue weighted by Crippen LogP contribution is 2.25. The number of carbonyl (C=O) groups excluding carboxylic acids is 7. The lowest BCUT2D eigenvalue weighted by molar-refractivity contribution is -0.136. The number of hydrogen-bond donors (Lipinski definition) is 14. The molecule has 1 aliphatic rings. The zero-order valence-corrected chi connectivity index (χ0v) is 44.1. The van der Waals surface area contributed by atoms with Crippen LogP contribution in [0.5, 0.6) is 5.75 Å². The molecule has 21 nitrogen and oxygen atoms in total. The molecule has 73 heavy (non-hydrogen) atoms. The number of phenols is 1. The SMILES string of the molecule is C[C@@H](O)[C@H](CO)NC(=O)[C@@H]1CSSC[C@H](NC(=O)[C@H](N)Cc2ccccc2)C(=O)N[C@@H](Cc2ccc(O)c([125I])c2)C(=O)N[C@H](Cc2c[nH]c3ccccc23)C(=O)N[C@@H](CCCCN)C(=O)N[C@@H]([C@@H](C)O)C(=O)N1. The number of hydrogen-bond acceptors (Lipinski definition) is 15. The molecule has 0 spiro atoms. The molecule has 1 aliphatic heterocycles. The minimum atomic E-state index is -1.68. The van der Waals surface area contributed by atoms with Gasteiger partial charge in [0, 0.05) is 41.4 Å². The zero-order valence-electron chi connectivity index (χ0n) is 40.3. The molecule has 396 valence electrons. The number of unbranched alkanes of at least 4 members (excludes halogenated alkanes) is 1. The Morgan fingerprint density at radius 3 is 2.10 bits per heavy atom. The molecule has 0 saturated carbocycles. The summed E-state index contributed by atoms with van der Waals surface area (Å²) in [6, 6.07) is 9.96.